The molecule has 57 heavy (non-hydrogen) atoms. The second-order valence-corrected chi connectivity index (χ2v) is 15.2. The molecule has 0 spiro atoms. The minimum absolute atomic E-state index is 0.572. The largest absolute Gasteiger partial charge is 0.456 e. The van der Waals surface area contributed by atoms with Gasteiger partial charge in [0, 0.05) is 47.8 Å². The molecule has 0 aliphatic carbocycles. The highest BCUT2D eigenvalue weighted by atomic mass is 32.1. The third-order valence-electron chi connectivity index (χ3n) is 10.8. The van der Waals surface area contributed by atoms with Crippen molar-refractivity contribution in [3.8, 4) is 56.7 Å². The zero-order valence-electron chi connectivity index (χ0n) is 30.2. The fourth-order valence-corrected chi connectivity index (χ4v) is 9.37. The molecule has 8 aromatic carbocycles. The van der Waals surface area contributed by atoms with Gasteiger partial charge in [-0.25, -0.2) is 19.9 Å². The number of hydrogen-bond donors (Lipinski definition) is 0. The summed E-state index contributed by atoms with van der Waals surface area (Å²) >= 11 is 1.78. The Balaban J connectivity index is 1.13. The van der Waals surface area contributed by atoms with E-state index in [1.165, 1.54) is 14.8 Å². The summed E-state index contributed by atoms with van der Waals surface area (Å²) in [6.45, 7) is 0. The average Bonchev–Trinajstić information content (AvgIpc) is 4.00. The van der Waals surface area contributed by atoms with Gasteiger partial charge in [-0.15, -0.1) is 11.3 Å². The molecule has 4 aromatic heterocycles. The van der Waals surface area contributed by atoms with Crippen LogP contribution in [-0.2, 0) is 0 Å². The number of aromatic nitrogens is 4. The van der Waals surface area contributed by atoms with E-state index in [0.717, 1.165) is 77.0 Å². The first-order valence-corrected chi connectivity index (χ1v) is 19.6. The Labute approximate surface area is 329 Å². The second kappa shape index (κ2) is 12.5. The predicted molar refractivity (Wildman–Crippen MR) is 232 cm³/mol. The van der Waals surface area contributed by atoms with Gasteiger partial charge in [0.25, 0.3) is 0 Å². The zero-order chi connectivity index (χ0) is 37.5. The molecular weight excluding hydrogens is 721 g/mol. The molecule has 0 fully saturated rings. The first-order chi connectivity index (χ1) is 28.2. The summed E-state index contributed by atoms with van der Waals surface area (Å²) in [6.07, 6.45) is 0. The maximum absolute atomic E-state index is 6.53. The summed E-state index contributed by atoms with van der Waals surface area (Å²) in [4.78, 5) is 20.8. The topological polar surface area (TPSA) is 77.8 Å². The number of fused-ring (bicyclic) bond motifs is 10. The number of thiophene rings is 1. The van der Waals surface area contributed by atoms with Crippen molar-refractivity contribution in [1.29, 1.82) is 0 Å². The molecule has 0 atom stereocenters. The van der Waals surface area contributed by atoms with Crippen molar-refractivity contribution in [2.24, 2.45) is 0 Å². The van der Waals surface area contributed by atoms with Gasteiger partial charge in [-0.2, -0.15) is 0 Å². The zero-order valence-corrected chi connectivity index (χ0v) is 31.0. The molecule has 266 valence electrons. The lowest BCUT2D eigenvalue weighted by Gasteiger charge is -2.13. The molecule has 0 saturated carbocycles. The van der Waals surface area contributed by atoms with Crippen LogP contribution in [0.4, 0.5) is 0 Å². The van der Waals surface area contributed by atoms with Gasteiger partial charge in [0.15, 0.2) is 23.1 Å². The fraction of sp³-hybridized carbons (Fsp3) is 0. The molecule has 12 aromatic rings. The van der Waals surface area contributed by atoms with Gasteiger partial charge in [0.2, 0.25) is 5.89 Å². The Morgan fingerprint density at radius 1 is 0.351 bits per heavy atom. The van der Waals surface area contributed by atoms with E-state index in [1.54, 1.807) is 11.3 Å². The molecule has 0 saturated heterocycles. The van der Waals surface area contributed by atoms with Gasteiger partial charge < -0.3 is 8.83 Å². The van der Waals surface area contributed by atoms with E-state index in [2.05, 4.69) is 109 Å². The van der Waals surface area contributed by atoms with Crippen LogP contribution in [0.5, 0.6) is 0 Å². The van der Waals surface area contributed by atoms with E-state index in [1.807, 2.05) is 60.7 Å². The summed E-state index contributed by atoms with van der Waals surface area (Å²) in [5.74, 6) is 2.39. The molecule has 0 N–H and O–H groups in total. The van der Waals surface area contributed by atoms with Gasteiger partial charge in [-0.1, -0.05) is 121 Å². The van der Waals surface area contributed by atoms with Crippen molar-refractivity contribution in [2.75, 3.05) is 0 Å². The smallest absolute Gasteiger partial charge is 0.227 e. The SMILES string of the molecule is c1ccc(-c2nc3ccc4oc5ccc6c(-c7nc(-c8ccccc8-c8ccccc8)nc(-c8cccc9sc%10ccccc%10c89)n7)cccc6c5c4c3o2)cc1. The molecular formula is C50H28N4O2S. The molecule has 0 aliphatic heterocycles. The van der Waals surface area contributed by atoms with Crippen molar-refractivity contribution in [3.63, 3.8) is 0 Å². The third kappa shape index (κ3) is 5.03. The number of rotatable bonds is 5. The maximum Gasteiger partial charge on any atom is 0.227 e. The lowest BCUT2D eigenvalue weighted by atomic mass is 9.98. The highest BCUT2D eigenvalue weighted by molar-refractivity contribution is 7.25. The van der Waals surface area contributed by atoms with E-state index in [4.69, 9.17) is 28.8 Å². The Morgan fingerprint density at radius 2 is 0.947 bits per heavy atom. The molecule has 0 bridgehead atoms. The summed E-state index contributed by atoms with van der Waals surface area (Å²) in [5.41, 5.74) is 8.84. The van der Waals surface area contributed by atoms with Crippen LogP contribution < -0.4 is 0 Å². The Bertz CT molecular complexity index is 3530. The maximum atomic E-state index is 6.53. The monoisotopic (exact) mass is 748 g/mol. The molecule has 0 radical (unpaired) electrons. The molecule has 12 rings (SSSR count). The minimum atomic E-state index is 0.572. The molecule has 0 amide bonds. The van der Waals surface area contributed by atoms with Gasteiger partial charge in [0.1, 0.15) is 16.7 Å². The van der Waals surface area contributed by atoms with Crippen molar-refractivity contribution >= 4 is 75.3 Å². The number of hydrogen-bond acceptors (Lipinski definition) is 7. The van der Waals surface area contributed by atoms with Crippen LogP contribution in [0, 0.1) is 0 Å². The van der Waals surface area contributed by atoms with E-state index in [-0.39, 0.29) is 0 Å². The van der Waals surface area contributed by atoms with Crippen LogP contribution in [0.15, 0.2) is 179 Å². The molecule has 7 heteroatoms. The van der Waals surface area contributed by atoms with Gasteiger partial charge in [-0.05, 0) is 70.4 Å². The molecule has 0 aliphatic rings. The highest BCUT2D eigenvalue weighted by Crippen LogP contribution is 2.44. The van der Waals surface area contributed by atoms with Gasteiger partial charge in [0.05, 0.1) is 5.39 Å². The van der Waals surface area contributed by atoms with E-state index >= 15 is 0 Å². The minimum Gasteiger partial charge on any atom is -0.456 e. The fourth-order valence-electron chi connectivity index (χ4n) is 8.24. The van der Waals surface area contributed by atoms with Crippen LogP contribution in [-0.4, -0.2) is 19.9 Å². The van der Waals surface area contributed by atoms with E-state index < -0.39 is 0 Å². The van der Waals surface area contributed by atoms with Crippen molar-refractivity contribution in [1.82, 2.24) is 19.9 Å². The number of oxazole rings is 1. The Hall–Kier alpha value is -7.48. The lowest BCUT2D eigenvalue weighted by molar-refractivity contribution is 0.622. The molecule has 6 nitrogen and oxygen atoms in total. The van der Waals surface area contributed by atoms with Crippen molar-refractivity contribution < 1.29 is 8.83 Å². The quantitative estimate of drug-likeness (QED) is 0.174. The molecule has 0 unspecified atom stereocenters. The second-order valence-electron chi connectivity index (χ2n) is 14.1. The predicted octanol–water partition coefficient (Wildman–Crippen LogP) is 13.8. The normalized spacial score (nSPS) is 11.9. The van der Waals surface area contributed by atoms with Crippen LogP contribution in [0.25, 0.3) is 121 Å². The summed E-state index contributed by atoms with van der Waals surface area (Å²) in [6, 6.07) is 58.1. The first kappa shape index (κ1) is 31.8. The van der Waals surface area contributed by atoms with E-state index in [0.29, 0.717) is 28.9 Å². The van der Waals surface area contributed by atoms with E-state index in [9.17, 15) is 0 Å². The first-order valence-electron chi connectivity index (χ1n) is 18.8. The number of benzene rings is 8. The number of nitrogens with zero attached hydrogens (tertiary/aromatic N) is 4. The van der Waals surface area contributed by atoms with Crippen LogP contribution in [0.1, 0.15) is 0 Å². The standard InChI is InChI=1S/C50H28N4O2S/c1-3-13-29(14-4-1)31-17-7-8-18-34(31)47-52-48(54-49(53-47)37-22-12-24-42-43(37)36-19-9-10-23-41(36)57-42)35-21-11-20-33-32(35)25-27-39-44(33)45-40(55-39)28-26-38-46(45)56-50(51-38)30-15-5-2-6-16-30/h1-28H. The van der Waals surface area contributed by atoms with Crippen LogP contribution in [0.3, 0.4) is 0 Å². The van der Waals surface area contributed by atoms with Crippen LogP contribution >= 0.6 is 11.3 Å². The molecule has 4 heterocycles. The third-order valence-corrected chi connectivity index (χ3v) is 11.9. The Kier molecular flexibility index (Phi) is 7.00. The number of furan rings is 1. The summed E-state index contributed by atoms with van der Waals surface area (Å²) in [7, 11) is 0. The average molecular weight is 749 g/mol. The van der Waals surface area contributed by atoms with Crippen molar-refractivity contribution in [3.05, 3.63) is 170 Å². The summed E-state index contributed by atoms with van der Waals surface area (Å²) < 4.78 is 15.4. The highest BCUT2D eigenvalue weighted by Gasteiger charge is 2.22. The lowest BCUT2D eigenvalue weighted by Crippen LogP contribution is -2.01. The summed E-state index contributed by atoms with van der Waals surface area (Å²) in [5, 5.41) is 6.19. The van der Waals surface area contributed by atoms with Crippen LogP contribution in [0.2, 0.25) is 0 Å². The van der Waals surface area contributed by atoms with Gasteiger partial charge >= 0.3 is 0 Å². The van der Waals surface area contributed by atoms with Gasteiger partial charge in [-0.3, -0.25) is 0 Å². The van der Waals surface area contributed by atoms with Crippen molar-refractivity contribution in [2.45, 2.75) is 0 Å². The Morgan fingerprint density at radius 3 is 1.79 bits per heavy atom.